The molecule has 1 aliphatic carbocycles. The van der Waals surface area contributed by atoms with Crippen LogP contribution in [0.1, 0.15) is 45.1 Å². The Morgan fingerprint density at radius 1 is 1.16 bits per heavy atom. The second-order valence-electron chi connectivity index (χ2n) is 6.02. The predicted molar refractivity (Wildman–Crippen MR) is 80.7 cm³/mol. The van der Waals surface area contributed by atoms with Gasteiger partial charge >= 0.3 is 0 Å². The molecular formula is C17H27NO. The second-order valence-corrected chi connectivity index (χ2v) is 6.02. The van der Waals surface area contributed by atoms with Crippen molar-refractivity contribution < 1.29 is 4.74 Å². The van der Waals surface area contributed by atoms with Crippen LogP contribution < -0.4 is 10.1 Å². The van der Waals surface area contributed by atoms with Crippen molar-refractivity contribution in [2.45, 2.75) is 58.5 Å². The van der Waals surface area contributed by atoms with Gasteiger partial charge in [-0.1, -0.05) is 30.5 Å². The van der Waals surface area contributed by atoms with Crippen LogP contribution in [-0.4, -0.2) is 18.7 Å². The molecule has 0 heterocycles. The highest BCUT2D eigenvalue weighted by Crippen LogP contribution is 2.27. The van der Waals surface area contributed by atoms with Crippen LogP contribution in [0, 0.1) is 12.8 Å². The third-order valence-corrected chi connectivity index (χ3v) is 4.18. The van der Waals surface area contributed by atoms with Gasteiger partial charge in [-0.15, -0.1) is 0 Å². The molecular weight excluding hydrogens is 234 g/mol. The van der Waals surface area contributed by atoms with Gasteiger partial charge in [-0.2, -0.15) is 0 Å². The average molecular weight is 261 g/mol. The maximum absolute atomic E-state index is 5.82. The molecule has 2 rings (SSSR count). The summed E-state index contributed by atoms with van der Waals surface area (Å²) < 4.78 is 5.82. The molecule has 0 aromatic heterocycles. The van der Waals surface area contributed by atoms with Crippen LogP contribution in [-0.2, 0) is 0 Å². The largest absolute Gasteiger partial charge is 0.492 e. The van der Waals surface area contributed by atoms with E-state index in [9.17, 15) is 0 Å². The van der Waals surface area contributed by atoms with Gasteiger partial charge in [0.1, 0.15) is 12.4 Å². The first-order chi connectivity index (χ1) is 9.15. The van der Waals surface area contributed by atoms with Crippen LogP contribution in [0.15, 0.2) is 24.3 Å². The Hall–Kier alpha value is -1.02. The van der Waals surface area contributed by atoms with Crippen LogP contribution in [0.3, 0.4) is 0 Å². The van der Waals surface area contributed by atoms with Crippen molar-refractivity contribution in [2.75, 3.05) is 6.61 Å². The molecule has 2 unspecified atom stereocenters. The number of rotatable bonds is 6. The molecule has 0 radical (unpaired) electrons. The lowest BCUT2D eigenvalue weighted by molar-refractivity contribution is 0.246. The van der Waals surface area contributed by atoms with E-state index in [4.69, 9.17) is 4.74 Å². The van der Waals surface area contributed by atoms with E-state index in [1.54, 1.807) is 0 Å². The summed E-state index contributed by atoms with van der Waals surface area (Å²) in [5, 5.41) is 3.68. The van der Waals surface area contributed by atoms with Gasteiger partial charge in [-0.05, 0) is 51.7 Å². The Labute approximate surface area is 117 Å². The van der Waals surface area contributed by atoms with Gasteiger partial charge in [0.25, 0.3) is 0 Å². The third kappa shape index (κ3) is 4.54. The molecule has 0 spiro atoms. The molecule has 0 saturated heterocycles. The predicted octanol–water partition coefficient (Wildman–Crippen LogP) is 3.93. The van der Waals surface area contributed by atoms with Crippen LogP contribution in [0.4, 0.5) is 0 Å². The van der Waals surface area contributed by atoms with E-state index in [0.29, 0.717) is 12.1 Å². The average Bonchev–Trinajstić information content (AvgIpc) is 2.92. The normalized spacial score (nSPS) is 19.3. The zero-order chi connectivity index (χ0) is 13.7. The lowest BCUT2D eigenvalue weighted by Crippen LogP contribution is -2.41. The van der Waals surface area contributed by atoms with Crippen LogP contribution >= 0.6 is 0 Å². The smallest absolute Gasteiger partial charge is 0.119 e. The highest BCUT2D eigenvalue weighted by atomic mass is 16.5. The molecule has 0 amide bonds. The van der Waals surface area contributed by atoms with Crippen molar-refractivity contribution in [3.05, 3.63) is 29.8 Å². The van der Waals surface area contributed by atoms with Crippen molar-refractivity contribution in [1.82, 2.24) is 5.32 Å². The lowest BCUT2D eigenvalue weighted by atomic mass is 9.99. The molecule has 106 valence electrons. The molecule has 19 heavy (non-hydrogen) atoms. The Bertz CT molecular complexity index is 367. The molecule has 1 fully saturated rings. The summed E-state index contributed by atoms with van der Waals surface area (Å²) >= 11 is 0. The van der Waals surface area contributed by atoms with Gasteiger partial charge in [0.15, 0.2) is 0 Å². The van der Waals surface area contributed by atoms with Crippen molar-refractivity contribution >= 4 is 0 Å². The minimum atomic E-state index is 0.400. The minimum absolute atomic E-state index is 0.400. The SMILES string of the molecule is Cc1ccc(OCC(C)NC(C)C2CCCC2)cc1. The minimum Gasteiger partial charge on any atom is -0.492 e. The summed E-state index contributed by atoms with van der Waals surface area (Å²) in [7, 11) is 0. The molecule has 1 N–H and O–H groups in total. The zero-order valence-electron chi connectivity index (χ0n) is 12.5. The number of nitrogens with one attached hydrogen (secondary N) is 1. The van der Waals surface area contributed by atoms with E-state index >= 15 is 0 Å². The summed E-state index contributed by atoms with van der Waals surface area (Å²) in [6.07, 6.45) is 5.59. The van der Waals surface area contributed by atoms with Crippen molar-refractivity contribution in [3.63, 3.8) is 0 Å². The topological polar surface area (TPSA) is 21.3 Å². The van der Waals surface area contributed by atoms with E-state index < -0.39 is 0 Å². The van der Waals surface area contributed by atoms with Crippen LogP contribution in [0.25, 0.3) is 0 Å². The van der Waals surface area contributed by atoms with E-state index in [1.165, 1.54) is 31.2 Å². The highest BCUT2D eigenvalue weighted by molar-refractivity contribution is 5.26. The fourth-order valence-corrected chi connectivity index (χ4v) is 2.95. The number of ether oxygens (including phenoxy) is 1. The standard InChI is InChI=1S/C17H27NO/c1-13-8-10-17(11-9-13)19-12-14(2)18-15(3)16-6-4-5-7-16/h8-11,14-16,18H,4-7,12H2,1-3H3. The van der Waals surface area contributed by atoms with Gasteiger partial charge in [0.2, 0.25) is 0 Å². The molecule has 1 aromatic rings. The molecule has 1 aliphatic rings. The number of hydrogen-bond donors (Lipinski definition) is 1. The lowest BCUT2D eigenvalue weighted by Gasteiger charge is -2.25. The van der Waals surface area contributed by atoms with Crippen molar-refractivity contribution in [2.24, 2.45) is 5.92 Å². The van der Waals surface area contributed by atoms with Crippen molar-refractivity contribution in [1.29, 1.82) is 0 Å². The zero-order valence-corrected chi connectivity index (χ0v) is 12.5. The Morgan fingerprint density at radius 2 is 1.79 bits per heavy atom. The molecule has 1 saturated carbocycles. The summed E-state index contributed by atoms with van der Waals surface area (Å²) in [5.74, 6) is 1.83. The number of benzene rings is 1. The summed E-state index contributed by atoms with van der Waals surface area (Å²) in [6.45, 7) is 7.36. The number of aryl methyl sites for hydroxylation is 1. The molecule has 2 nitrogen and oxygen atoms in total. The first-order valence-electron chi connectivity index (χ1n) is 7.60. The van der Waals surface area contributed by atoms with Crippen LogP contribution in [0.2, 0.25) is 0 Å². The fraction of sp³-hybridized carbons (Fsp3) is 0.647. The van der Waals surface area contributed by atoms with Crippen molar-refractivity contribution in [3.8, 4) is 5.75 Å². The maximum atomic E-state index is 5.82. The maximum Gasteiger partial charge on any atom is 0.119 e. The van der Waals surface area contributed by atoms with Gasteiger partial charge in [0, 0.05) is 12.1 Å². The first-order valence-corrected chi connectivity index (χ1v) is 7.60. The van der Waals surface area contributed by atoms with Gasteiger partial charge in [-0.3, -0.25) is 0 Å². The molecule has 1 aromatic carbocycles. The van der Waals surface area contributed by atoms with E-state index in [-0.39, 0.29) is 0 Å². The van der Waals surface area contributed by atoms with Gasteiger partial charge in [0.05, 0.1) is 0 Å². The third-order valence-electron chi connectivity index (χ3n) is 4.18. The monoisotopic (exact) mass is 261 g/mol. The fourth-order valence-electron chi connectivity index (χ4n) is 2.95. The summed E-state index contributed by atoms with van der Waals surface area (Å²) in [4.78, 5) is 0. The second kappa shape index (κ2) is 6.95. The molecule has 2 atom stereocenters. The van der Waals surface area contributed by atoms with E-state index in [0.717, 1.165) is 18.3 Å². The first kappa shape index (κ1) is 14.4. The Kier molecular flexibility index (Phi) is 5.26. The van der Waals surface area contributed by atoms with E-state index in [2.05, 4.69) is 38.2 Å². The highest BCUT2D eigenvalue weighted by Gasteiger charge is 2.22. The van der Waals surface area contributed by atoms with Gasteiger partial charge < -0.3 is 10.1 Å². The Morgan fingerprint density at radius 3 is 2.42 bits per heavy atom. The molecule has 0 aliphatic heterocycles. The summed E-state index contributed by atoms with van der Waals surface area (Å²) in [5.41, 5.74) is 1.27. The summed E-state index contributed by atoms with van der Waals surface area (Å²) in [6, 6.07) is 9.28. The Balaban J connectivity index is 1.71. The number of hydrogen-bond acceptors (Lipinski definition) is 2. The van der Waals surface area contributed by atoms with Crippen LogP contribution in [0.5, 0.6) is 5.75 Å². The van der Waals surface area contributed by atoms with Gasteiger partial charge in [-0.25, -0.2) is 0 Å². The van der Waals surface area contributed by atoms with E-state index in [1.807, 2.05) is 12.1 Å². The molecule has 2 heteroatoms. The molecule has 0 bridgehead atoms. The quantitative estimate of drug-likeness (QED) is 0.837.